The summed E-state index contributed by atoms with van der Waals surface area (Å²) in [5.41, 5.74) is 1.85. The van der Waals surface area contributed by atoms with Crippen LogP contribution in [-0.2, 0) is 21.9 Å². The highest BCUT2D eigenvalue weighted by Gasteiger charge is 2.26. The SMILES string of the molecule is CC(C)CNC(=O)[C@@H](C)N(Cc1ccc(F)cc1)C(=O)CSCc1ccc(Cl)cc1. The Morgan fingerprint density at radius 1 is 1.03 bits per heavy atom. The van der Waals surface area contributed by atoms with Gasteiger partial charge in [-0.3, -0.25) is 9.59 Å². The van der Waals surface area contributed by atoms with Gasteiger partial charge in [0.25, 0.3) is 0 Å². The van der Waals surface area contributed by atoms with Crippen LogP contribution in [0.4, 0.5) is 4.39 Å². The van der Waals surface area contributed by atoms with Crippen molar-refractivity contribution in [3.05, 3.63) is 70.5 Å². The molecule has 2 aromatic carbocycles. The van der Waals surface area contributed by atoms with Crippen LogP contribution < -0.4 is 5.32 Å². The molecule has 1 N–H and O–H groups in total. The zero-order chi connectivity index (χ0) is 22.1. The number of hydrogen-bond donors (Lipinski definition) is 1. The molecule has 2 rings (SSSR count). The molecule has 2 aromatic rings. The monoisotopic (exact) mass is 450 g/mol. The zero-order valence-electron chi connectivity index (χ0n) is 17.5. The Morgan fingerprint density at radius 2 is 1.63 bits per heavy atom. The van der Waals surface area contributed by atoms with Gasteiger partial charge in [-0.1, -0.05) is 49.7 Å². The summed E-state index contributed by atoms with van der Waals surface area (Å²) in [6, 6.07) is 12.9. The van der Waals surface area contributed by atoms with Gasteiger partial charge in [0.05, 0.1) is 5.75 Å². The fourth-order valence-electron chi connectivity index (χ4n) is 2.74. The maximum absolute atomic E-state index is 13.2. The average Bonchev–Trinajstić information content (AvgIpc) is 2.72. The number of rotatable bonds is 10. The van der Waals surface area contributed by atoms with Crippen molar-refractivity contribution in [1.82, 2.24) is 10.2 Å². The third-order valence-electron chi connectivity index (χ3n) is 4.53. The Kier molecular flexibility index (Phi) is 9.66. The molecule has 0 bridgehead atoms. The summed E-state index contributed by atoms with van der Waals surface area (Å²) in [7, 11) is 0. The molecular weight excluding hydrogens is 423 g/mol. The number of amides is 2. The van der Waals surface area contributed by atoms with Gasteiger partial charge in [0, 0.05) is 23.9 Å². The highest BCUT2D eigenvalue weighted by Crippen LogP contribution is 2.18. The van der Waals surface area contributed by atoms with Crippen LogP contribution >= 0.6 is 23.4 Å². The first kappa shape index (κ1) is 24.2. The number of nitrogens with one attached hydrogen (secondary N) is 1. The normalized spacial score (nSPS) is 11.9. The lowest BCUT2D eigenvalue weighted by atomic mass is 10.1. The van der Waals surface area contributed by atoms with E-state index in [0.29, 0.717) is 23.2 Å². The van der Waals surface area contributed by atoms with Crippen LogP contribution in [0.3, 0.4) is 0 Å². The van der Waals surface area contributed by atoms with Gasteiger partial charge in [0.1, 0.15) is 11.9 Å². The number of nitrogens with zero attached hydrogens (tertiary/aromatic N) is 1. The highest BCUT2D eigenvalue weighted by molar-refractivity contribution is 7.99. The van der Waals surface area contributed by atoms with E-state index in [1.165, 1.54) is 23.9 Å². The molecule has 0 heterocycles. The lowest BCUT2D eigenvalue weighted by Gasteiger charge is -2.29. The lowest BCUT2D eigenvalue weighted by molar-refractivity contribution is -0.138. The van der Waals surface area contributed by atoms with Crippen LogP contribution in [0.2, 0.25) is 5.02 Å². The lowest BCUT2D eigenvalue weighted by Crippen LogP contribution is -2.48. The van der Waals surface area contributed by atoms with Crippen molar-refractivity contribution in [1.29, 1.82) is 0 Å². The third-order valence-corrected chi connectivity index (χ3v) is 5.77. The fourth-order valence-corrected chi connectivity index (χ4v) is 3.74. The molecule has 0 aliphatic rings. The van der Waals surface area contributed by atoms with Crippen LogP contribution in [0, 0.1) is 11.7 Å². The molecule has 30 heavy (non-hydrogen) atoms. The number of halogens is 2. The summed E-state index contributed by atoms with van der Waals surface area (Å²) in [4.78, 5) is 27.1. The second kappa shape index (κ2) is 12.0. The number of carbonyl (C=O) groups excluding carboxylic acids is 2. The van der Waals surface area contributed by atoms with Crippen LogP contribution in [-0.4, -0.2) is 35.1 Å². The van der Waals surface area contributed by atoms with Crippen LogP contribution in [0.25, 0.3) is 0 Å². The molecule has 0 saturated heterocycles. The zero-order valence-corrected chi connectivity index (χ0v) is 19.1. The topological polar surface area (TPSA) is 49.4 Å². The largest absolute Gasteiger partial charge is 0.354 e. The minimum atomic E-state index is -0.627. The van der Waals surface area contributed by atoms with Crippen molar-refractivity contribution >= 4 is 35.2 Å². The fraction of sp³-hybridized carbons (Fsp3) is 0.391. The Balaban J connectivity index is 2.04. The van der Waals surface area contributed by atoms with E-state index < -0.39 is 6.04 Å². The van der Waals surface area contributed by atoms with E-state index in [1.807, 2.05) is 38.1 Å². The van der Waals surface area contributed by atoms with Crippen molar-refractivity contribution in [3.8, 4) is 0 Å². The summed E-state index contributed by atoms with van der Waals surface area (Å²) in [6.07, 6.45) is 0. The first-order valence-electron chi connectivity index (χ1n) is 9.90. The van der Waals surface area contributed by atoms with Gasteiger partial charge >= 0.3 is 0 Å². The van der Waals surface area contributed by atoms with Crippen molar-refractivity contribution in [3.63, 3.8) is 0 Å². The second-order valence-corrected chi connectivity index (χ2v) is 9.00. The van der Waals surface area contributed by atoms with Crippen LogP contribution in [0.5, 0.6) is 0 Å². The van der Waals surface area contributed by atoms with Crippen molar-refractivity contribution < 1.29 is 14.0 Å². The first-order chi connectivity index (χ1) is 14.3. The van der Waals surface area contributed by atoms with Gasteiger partial charge in [0.15, 0.2) is 0 Å². The van der Waals surface area contributed by atoms with Crippen LogP contribution in [0.15, 0.2) is 48.5 Å². The van der Waals surface area contributed by atoms with Gasteiger partial charge < -0.3 is 10.2 Å². The highest BCUT2D eigenvalue weighted by atomic mass is 35.5. The molecule has 0 aliphatic carbocycles. The van der Waals surface area contributed by atoms with E-state index in [-0.39, 0.29) is 29.9 Å². The van der Waals surface area contributed by atoms with Gasteiger partial charge in [-0.2, -0.15) is 0 Å². The standard InChI is InChI=1S/C23H28ClFN2O2S/c1-16(2)12-26-23(29)17(3)27(13-18-6-10-21(25)11-7-18)22(28)15-30-14-19-4-8-20(24)9-5-19/h4-11,16-17H,12-15H2,1-3H3,(H,26,29)/t17-/m1/s1. The van der Waals surface area contributed by atoms with E-state index in [9.17, 15) is 14.0 Å². The second-order valence-electron chi connectivity index (χ2n) is 7.58. The number of thioether (sulfide) groups is 1. The van der Waals surface area contributed by atoms with Gasteiger partial charge in [0.2, 0.25) is 11.8 Å². The predicted octanol–water partition coefficient (Wildman–Crippen LogP) is 4.90. The average molecular weight is 451 g/mol. The molecule has 1 atom stereocenters. The molecule has 0 spiro atoms. The molecule has 162 valence electrons. The Hall–Kier alpha value is -2.05. The molecule has 2 amide bonds. The Morgan fingerprint density at radius 3 is 2.23 bits per heavy atom. The molecule has 0 aliphatic heterocycles. The Labute approximate surface area is 187 Å². The number of benzene rings is 2. The molecule has 4 nitrogen and oxygen atoms in total. The summed E-state index contributed by atoms with van der Waals surface area (Å²) >= 11 is 7.39. The molecule has 0 aromatic heterocycles. The smallest absolute Gasteiger partial charge is 0.242 e. The molecule has 0 unspecified atom stereocenters. The molecule has 0 radical (unpaired) electrons. The summed E-state index contributed by atoms with van der Waals surface area (Å²) in [6.45, 7) is 6.55. The summed E-state index contributed by atoms with van der Waals surface area (Å²) < 4.78 is 13.2. The number of carbonyl (C=O) groups is 2. The third kappa shape index (κ3) is 8.00. The molecular formula is C23H28ClFN2O2S. The van der Waals surface area contributed by atoms with Crippen molar-refractivity contribution in [2.45, 2.75) is 39.1 Å². The van der Waals surface area contributed by atoms with E-state index in [4.69, 9.17) is 11.6 Å². The molecule has 0 fully saturated rings. The van der Waals surface area contributed by atoms with E-state index in [2.05, 4.69) is 5.32 Å². The van der Waals surface area contributed by atoms with Gasteiger partial charge in [-0.25, -0.2) is 4.39 Å². The quantitative estimate of drug-likeness (QED) is 0.560. The van der Waals surface area contributed by atoms with Crippen molar-refractivity contribution in [2.24, 2.45) is 5.92 Å². The van der Waals surface area contributed by atoms with E-state index >= 15 is 0 Å². The summed E-state index contributed by atoms with van der Waals surface area (Å²) in [5.74, 6) is 0.565. The molecule has 7 heteroatoms. The van der Waals surface area contributed by atoms with Crippen LogP contribution in [0.1, 0.15) is 31.9 Å². The maximum atomic E-state index is 13.2. The minimum Gasteiger partial charge on any atom is -0.354 e. The van der Waals surface area contributed by atoms with E-state index in [0.717, 1.165) is 11.1 Å². The molecule has 0 saturated carbocycles. The predicted molar refractivity (Wildman–Crippen MR) is 122 cm³/mol. The van der Waals surface area contributed by atoms with E-state index in [1.54, 1.807) is 24.0 Å². The van der Waals surface area contributed by atoms with Crippen molar-refractivity contribution in [2.75, 3.05) is 12.3 Å². The Bertz CT molecular complexity index is 828. The van der Waals surface area contributed by atoms with Gasteiger partial charge in [-0.05, 0) is 48.2 Å². The van der Waals surface area contributed by atoms with Gasteiger partial charge in [-0.15, -0.1) is 11.8 Å². The maximum Gasteiger partial charge on any atom is 0.242 e. The first-order valence-corrected chi connectivity index (χ1v) is 11.4. The summed E-state index contributed by atoms with van der Waals surface area (Å²) in [5, 5.41) is 3.56. The number of hydrogen-bond acceptors (Lipinski definition) is 3. The minimum absolute atomic E-state index is 0.134.